The van der Waals surface area contributed by atoms with Crippen molar-refractivity contribution in [3.63, 3.8) is 0 Å². The van der Waals surface area contributed by atoms with E-state index in [9.17, 15) is 9.59 Å². The minimum absolute atomic E-state index is 0.0401. The molecule has 1 heterocycles. The molecule has 26 heavy (non-hydrogen) atoms. The summed E-state index contributed by atoms with van der Waals surface area (Å²) in [6.07, 6.45) is 2.10. The van der Waals surface area contributed by atoms with Crippen molar-refractivity contribution in [3.8, 4) is 0 Å². The number of carbonyl (C=O) groups is 2. The van der Waals surface area contributed by atoms with Gasteiger partial charge in [0.15, 0.2) is 6.04 Å². The Balaban J connectivity index is 1.38. The number of amides is 2. The third kappa shape index (κ3) is 3.44. The molecule has 0 bridgehead atoms. The highest BCUT2D eigenvalue weighted by molar-refractivity contribution is 6.03. The molecule has 5 heteroatoms. The molecule has 2 aromatic rings. The average Bonchev–Trinajstić information content (AvgIpc) is 3.52. The lowest BCUT2D eigenvalue weighted by atomic mass is 10.1. The van der Waals surface area contributed by atoms with Crippen LogP contribution in [0.25, 0.3) is 10.8 Å². The first kappa shape index (κ1) is 17.0. The number of quaternary nitrogens is 1. The molecule has 2 aliphatic rings. The zero-order valence-corrected chi connectivity index (χ0v) is 15.2. The van der Waals surface area contributed by atoms with E-state index in [1.165, 1.54) is 4.90 Å². The van der Waals surface area contributed by atoms with Crippen molar-refractivity contribution < 1.29 is 14.5 Å². The summed E-state index contributed by atoms with van der Waals surface area (Å²) < 4.78 is 0. The van der Waals surface area contributed by atoms with Crippen molar-refractivity contribution in [1.82, 2.24) is 4.90 Å². The first-order valence-corrected chi connectivity index (χ1v) is 9.55. The Kier molecular flexibility index (Phi) is 4.64. The Morgan fingerprint density at radius 2 is 1.77 bits per heavy atom. The van der Waals surface area contributed by atoms with E-state index in [1.54, 1.807) is 0 Å². The van der Waals surface area contributed by atoms with Crippen LogP contribution in [0, 0.1) is 5.92 Å². The summed E-state index contributed by atoms with van der Waals surface area (Å²) in [4.78, 5) is 28.2. The molecular formula is C21H26N3O2+. The Morgan fingerprint density at radius 3 is 2.50 bits per heavy atom. The maximum atomic E-state index is 12.8. The Bertz CT molecular complexity index is 818. The highest BCUT2D eigenvalue weighted by atomic mass is 16.2. The standard InChI is InChI=1S/C21H25N3O2/c1-15(23-11-13-24(14-12-23)21(26)17-9-10-17)20(25)22-19-8-4-6-16-5-2-3-7-18(16)19/h2-8,15,17H,9-14H2,1H3,(H,22,25)/p+1/t15-/m0/s1. The van der Waals surface area contributed by atoms with Gasteiger partial charge in [0.25, 0.3) is 5.91 Å². The number of nitrogens with one attached hydrogen (secondary N) is 2. The first-order valence-electron chi connectivity index (χ1n) is 9.55. The molecule has 0 spiro atoms. The first-order chi connectivity index (χ1) is 12.6. The predicted molar refractivity (Wildman–Crippen MR) is 102 cm³/mol. The molecule has 1 aliphatic heterocycles. The van der Waals surface area contributed by atoms with E-state index >= 15 is 0 Å². The SMILES string of the molecule is C[C@@H](C(=O)Nc1cccc2ccccc12)[NH+]1CCN(C(=O)C2CC2)CC1. The lowest BCUT2D eigenvalue weighted by Gasteiger charge is -2.35. The fourth-order valence-electron chi connectivity index (χ4n) is 3.80. The number of hydrogen-bond donors (Lipinski definition) is 2. The van der Waals surface area contributed by atoms with Gasteiger partial charge < -0.3 is 15.1 Å². The zero-order valence-electron chi connectivity index (χ0n) is 15.2. The molecule has 2 N–H and O–H groups in total. The van der Waals surface area contributed by atoms with Crippen LogP contribution in [0.3, 0.4) is 0 Å². The molecular weight excluding hydrogens is 326 g/mol. The van der Waals surface area contributed by atoms with Crippen LogP contribution >= 0.6 is 0 Å². The summed E-state index contributed by atoms with van der Waals surface area (Å²) >= 11 is 0. The molecule has 1 saturated heterocycles. The monoisotopic (exact) mass is 352 g/mol. The molecule has 136 valence electrons. The molecule has 5 nitrogen and oxygen atoms in total. The lowest BCUT2D eigenvalue weighted by molar-refractivity contribution is -0.917. The largest absolute Gasteiger partial charge is 0.331 e. The van der Waals surface area contributed by atoms with Gasteiger partial charge in [-0.25, -0.2) is 0 Å². The summed E-state index contributed by atoms with van der Waals surface area (Å²) in [5.41, 5.74) is 0.863. The number of carbonyl (C=O) groups excluding carboxylic acids is 2. The Labute approximate surface area is 154 Å². The summed E-state index contributed by atoms with van der Waals surface area (Å²) in [6.45, 7) is 5.17. The van der Waals surface area contributed by atoms with Gasteiger partial charge in [-0.3, -0.25) is 9.59 Å². The smallest absolute Gasteiger partial charge is 0.282 e. The summed E-state index contributed by atoms with van der Waals surface area (Å²) in [6, 6.07) is 13.9. The van der Waals surface area contributed by atoms with Crippen LogP contribution < -0.4 is 10.2 Å². The van der Waals surface area contributed by atoms with Crippen LogP contribution in [0.1, 0.15) is 19.8 Å². The third-order valence-corrected chi connectivity index (χ3v) is 5.70. The van der Waals surface area contributed by atoms with Crippen LogP contribution in [0.5, 0.6) is 0 Å². The lowest BCUT2D eigenvalue weighted by Crippen LogP contribution is -3.19. The van der Waals surface area contributed by atoms with E-state index in [0.717, 1.165) is 55.5 Å². The van der Waals surface area contributed by atoms with E-state index in [2.05, 4.69) is 17.4 Å². The van der Waals surface area contributed by atoms with Gasteiger partial charge >= 0.3 is 0 Å². The van der Waals surface area contributed by atoms with E-state index in [1.807, 2.05) is 42.2 Å². The highest BCUT2D eigenvalue weighted by Crippen LogP contribution is 2.30. The molecule has 2 amide bonds. The van der Waals surface area contributed by atoms with Crippen molar-refractivity contribution >= 4 is 28.3 Å². The van der Waals surface area contributed by atoms with Crippen molar-refractivity contribution in [1.29, 1.82) is 0 Å². The van der Waals surface area contributed by atoms with E-state index in [0.29, 0.717) is 5.91 Å². The topological polar surface area (TPSA) is 53.9 Å². The van der Waals surface area contributed by atoms with Crippen LogP contribution in [0.15, 0.2) is 42.5 Å². The fourth-order valence-corrected chi connectivity index (χ4v) is 3.80. The summed E-state index contributed by atoms with van der Waals surface area (Å²) in [5.74, 6) is 0.638. The predicted octanol–water partition coefficient (Wildman–Crippen LogP) is 1.30. The average molecular weight is 352 g/mol. The van der Waals surface area contributed by atoms with Crippen molar-refractivity contribution in [2.45, 2.75) is 25.8 Å². The second kappa shape index (κ2) is 7.08. The van der Waals surface area contributed by atoms with Crippen molar-refractivity contribution in [2.75, 3.05) is 31.5 Å². The molecule has 2 aromatic carbocycles. The van der Waals surface area contributed by atoms with Crippen molar-refractivity contribution in [2.24, 2.45) is 5.92 Å². The van der Waals surface area contributed by atoms with Gasteiger partial charge in [0, 0.05) is 17.0 Å². The number of nitrogens with zero attached hydrogens (tertiary/aromatic N) is 1. The number of benzene rings is 2. The third-order valence-electron chi connectivity index (χ3n) is 5.70. The minimum Gasteiger partial charge on any atom is -0.331 e. The number of rotatable bonds is 4. The molecule has 1 saturated carbocycles. The number of anilines is 1. The van der Waals surface area contributed by atoms with Gasteiger partial charge in [0.05, 0.1) is 26.2 Å². The number of piperazine rings is 1. The van der Waals surface area contributed by atoms with Crippen LogP contribution in [0.4, 0.5) is 5.69 Å². The molecule has 0 radical (unpaired) electrons. The molecule has 1 aliphatic carbocycles. The van der Waals surface area contributed by atoms with E-state index < -0.39 is 0 Å². The van der Waals surface area contributed by atoms with Gasteiger partial charge in [-0.15, -0.1) is 0 Å². The molecule has 4 rings (SSSR count). The second-order valence-electron chi connectivity index (χ2n) is 7.50. The van der Waals surface area contributed by atoms with Gasteiger partial charge in [-0.2, -0.15) is 0 Å². The maximum Gasteiger partial charge on any atom is 0.282 e. The molecule has 0 unspecified atom stereocenters. The number of hydrogen-bond acceptors (Lipinski definition) is 2. The van der Waals surface area contributed by atoms with Gasteiger partial charge in [0.1, 0.15) is 0 Å². The summed E-state index contributed by atoms with van der Waals surface area (Å²) in [7, 11) is 0. The zero-order chi connectivity index (χ0) is 18.1. The normalized spacial score (nSPS) is 19.3. The Hall–Kier alpha value is -2.40. The van der Waals surface area contributed by atoms with Gasteiger partial charge in [0.2, 0.25) is 5.91 Å². The van der Waals surface area contributed by atoms with Crippen LogP contribution in [-0.4, -0.2) is 48.9 Å². The maximum absolute atomic E-state index is 12.8. The van der Waals surface area contributed by atoms with Gasteiger partial charge in [-0.05, 0) is 31.2 Å². The van der Waals surface area contributed by atoms with E-state index in [4.69, 9.17) is 0 Å². The number of fused-ring (bicyclic) bond motifs is 1. The van der Waals surface area contributed by atoms with E-state index in [-0.39, 0.29) is 17.9 Å². The van der Waals surface area contributed by atoms with Crippen LogP contribution in [-0.2, 0) is 9.59 Å². The van der Waals surface area contributed by atoms with Crippen molar-refractivity contribution in [3.05, 3.63) is 42.5 Å². The fraction of sp³-hybridized carbons (Fsp3) is 0.429. The highest BCUT2D eigenvalue weighted by Gasteiger charge is 2.37. The van der Waals surface area contributed by atoms with Crippen LogP contribution in [0.2, 0.25) is 0 Å². The van der Waals surface area contributed by atoms with Gasteiger partial charge in [-0.1, -0.05) is 36.4 Å². The quantitative estimate of drug-likeness (QED) is 0.872. The molecule has 0 aromatic heterocycles. The Morgan fingerprint density at radius 1 is 1.08 bits per heavy atom. The minimum atomic E-state index is -0.132. The summed E-state index contributed by atoms with van der Waals surface area (Å²) in [5, 5.41) is 5.29. The molecule has 1 atom stereocenters. The molecule has 2 fully saturated rings. The second-order valence-corrected chi connectivity index (χ2v) is 7.50.